The molecule has 1 N–H and O–H groups in total. The zero-order valence-electron chi connectivity index (χ0n) is 13.1. The molecule has 0 unspecified atom stereocenters. The molecule has 1 aliphatic heterocycles. The van der Waals surface area contributed by atoms with Crippen LogP contribution >= 0.6 is 11.3 Å². The van der Waals surface area contributed by atoms with E-state index in [0.717, 1.165) is 10.1 Å². The van der Waals surface area contributed by atoms with Gasteiger partial charge in [0.05, 0.1) is 17.0 Å². The van der Waals surface area contributed by atoms with Crippen LogP contribution in [0.3, 0.4) is 0 Å². The van der Waals surface area contributed by atoms with E-state index in [-0.39, 0.29) is 11.5 Å². The van der Waals surface area contributed by atoms with Crippen molar-refractivity contribution in [2.75, 3.05) is 18.1 Å². The van der Waals surface area contributed by atoms with Crippen molar-refractivity contribution in [3.05, 3.63) is 35.2 Å². The molecule has 0 aliphatic carbocycles. The van der Waals surface area contributed by atoms with Crippen LogP contribution in [0.5, 0.6) is 0 Å². The zero-order valence-corrected chi connectivity index (χ0v) is 14.7. The molecule has 1 amide bonds. The number of hydrogen-bond acceptors (Lipinski definition) is 6. The standard InChI is InChI=1S/C16H17NO5S2/c1-16(6-7-24(20,21)10-16)17-14(18)9-22-15(19)13-8-11-4-2-3-5-12(11)23-13/h2-5,8H,6-7,9-10H2,1H3,(H,17,18)/t16-/m1/s1. The average molecular weight is 367 g/mol. The Morgan fingerprint density at radius 3 is 2.75 bits per heavy atom. The molecule has 2 heterocycles. The van der Waals surface area contributed by atoms with E-state index in [0.29, 0.717) is 11.3 Å². The first-order valence-corrected chi connectivity index (χ1v) is 10.1. The Balaban J connectivity index is 1.57. The highest BCUT2D eigenvalue weighted by atomic mass is 32.2. The Labute approximate surface area is 143 Å². The van der Waals surface area contributed by atoms with Gasteiger partial charge < -0.3 is 10.1 Å². The number of fused-ring (bicyclic) bond motifs is 1. The zero-order chi connectivity index (χ0) is 17.4. The highest BCUT2D eigenvalue weighted by Crippen LogP contribution is 2.26. The molecule has 2 aromatic rings. The molecule has 24 heavy (non-hydrogen) atoms. The second-order valence-electron chi connectivity index (χ2n) is 6.18. The Morgan fingerprint density at radius 2 is 2.08 bits per heavy atom. The van der Waals surface area contributed by atoms with Gasteiger partial charge in [-0.3, -0.25) is 4.79 Å². The lowest BCUT2D eigenvalue weighted by Crippen LogP contribution is -2.48. The molecule has 8 heteroatoms. The lowest BCUT2D eigenvalue weighted by atomic mass is 10.0. The third-order valence-corrected chi connectivity index (χ3v) is 6.90. The van der Waals surface area contributed by atoms with Gasteiger partial charge in [-0.2, -0.15) is 0 Å². The van der Waals surface area contributed by atoms with Crippen LogP contribution in [0.4, 0.5) is 0 Å². The molecule has 0 radical (unpaired) electrons. The van der Waals surface area contributed by atoms with Crippen molar-refractivity contribution in [1.82, 2.24) is 5.32 Å². The van der Waals surface area contributed by atoms with Crippen LogP contribution in [-0.4, -0.2) is 43.9 Å². The van der Waals surface area contributed by atoms with Crippen molar-refractivity contribution in [3.8, 4) is 0 Å². The molecular weight excluding hydrogens is 350 g/mol. The number of rotatable bonds is 4. The Kier molecular flexibility index (Phi) is 4.35. The first kappa shape index (κ1) is 16.9. The van der Waals surface area contributed by atoms with Gasteiger partial charge in [0.25, 0.3) is 5.91 Å². The first-order valence-electron chi connectivity index (χ1n) is 7.44. The average Bonchev–Trinajstić information content (AvgIpc) is 3.05. The number of benzene rings is 1. The summed E-state index contributed by atoms with van der Waals surface area (Å²) in [4.78, 5) is 24.4. The first-order chi connectivity index (χ1) is 11.3. The molecule has 0 spiro atoms. The van der Waals surface area contributed by atoms with E-state index < -0.39 is 33.9 Å². The normalized spacial score (nSPS) is 22.4. The predicted molar refractivity (Wildman–Crippen MR) is 91.9 cm³/mol. The van der Waals surface area contributed by atoms with Gasteiger partial charge in [-0.1, -0.05) is 18.2 Å². The maximum Gasteiger partial charge on any atom is 0.348 e. The minimum absolute atomic E-state index is 0.0609. The van der Waals surface area contributed by atoms with Gasteiger partial charge in [0, 0.05) is 4.70 Å². The van der Waals surface area contributed by atoms with Gasteiger partial charge in [-0.05, 0) is 30.9 Å². The SMILES string of the molecule is C[C@@]1(NC(=O)COC(=O)c2cc3ccccc3s2)CCS(=O)(=O)C1. The van der Waals surface area contributed by atoms with Crippen LogP contribution < -0.4 is 5.32 Å². The Morgan fingerprint density at radius 1 is 1.33 bits per heavy atom. The topological polar surface area (TPSA) is 89.5 Å². The van der Waals surface area contributed by atoms with Crippen molar-refractivity contribution >= 4 is 43.1 Å². The van der Waals surface area contributed by atoms with E-state index in [1.807, 2.05) is 24.3 Å². The summed E-state index contributed by atoms with van der Waals surface area (Å²) in [6.07, 6.45) is 0.366. The van der Waals surface area contributed by atoms with Crippen molar-refractivity contribution < 1.29 is 22.7 Å². The van der Waals surface area contributed by atoms with Crippen molar-refractivity contribution in [3.63, 3.8) is 0 Å². The Bertz CT molecular complexity index is 869. The fourth-order valence-electron chi connectivity index (χ4n) is 2.77. The van der Waals surface area contributed by atoms with E-state index in [4.69, 9.17) is 4.74 Å². The van der Waals surface area contributed by atoms with Gasteiger partial charge in [0.2, 0.25) is 0 Å². The molecule has 0 saturated carbocycles. The van der Waals surface area contributed by atoms with Gasteiger partial charge >= 0.3 is 5.97 Å². The summed E-state index contributed by atoms with van der Waals surface area (Å²) >= 11 is 1.30. The summed E-state index contributed by atoms with van der Waals surface area (Å²) < 4.78 is 29.1. The second kappa shape index (κ2) is 6.18. The molecule has 128 valence electrons. The third kappa shape index (κ3) is 3.76. The summed E-state index contributed by atoms with van der Waals surface area (Å²) in [6, 6.07) is 9.30. The molecular formula is C16H17NO5S2. The molecule has 1 saturated heterocycles. The van der Waals surface area contributed by atoms with Crippen molar-refractivity contribution in [2.45, 2.75) is 18.9 Å². The maximum atomic E-state index is 12.1. The minimum atomic E-state index is -3.11. The number of esters is 1. The van der Waals surface area contributed by atoms with Crippen LogP contribution in [0.25, 0.3) is 10.1 Å². The summed E-state index contributed by atoms with van der Waals surface area (Å²) in [5, 5.41) is 3.60. The number of nitrogens with one attached hydrogen (secondary N) is 1. The molecule has 0 bridgehead atoms. The highest BCUT2D eigenvalue weighted by Gasteiger charge is 2.39. The lowest BCUT2D eigenvalue weighted by molar-refractivity contribution is -0.125. The number of ether oxygens (including phenoxy) is 1. The highest BCUT2D eigenvalue weighted by molar-refractivity contribution is 7.91. The van der Waals surface area contributed by atoms with Gasteiger partial charge in [0.1, 0.15) is 4.88 Å². The predicted octanol–water partition coefficient (Wildman–Crippen LogP) is 1.75. The van der Waals surface area contributed by atoms with Crippen LogP contribution in [0.15, 0.2) is 30.3 Å². The molecule has 1 fully saturated rings. The van der Waals surface area contributed by atoms with E-state index in [9.17, 15) is 18.0 Å². The van der Waals surface area contributed by atoms with Crippen molar-refractivity contribution in [1.29, 1.82) is 0 Å². The number of thiophene rings is 1. The van der Waals surface area contributed by atoms with Gasteiger partial charge in [0.15, 0.2) is 16.4 Å². The molecule has 1 aliphatic rings. The van der Waals surface area contributed by atoms with Crippen LogP contribution in [0, 0.1) is 0 Å². The summed E-state index contributed by atoms with van der Waals surface area (Å²) in [5.74, 6) is -1.08. The molecule has 1 atom stereocenters. The molecule has 3 rings (SSSR count). The van der Waals surface area contributed by atoms with E-state index >= 15 is 0 Å². The summed E-state index contributed by atoms with van der Waals surface area (Å²) in [6.45, 7) is 1.26. The number of carbonyl (C=O) groups excluding carboxylic acids is 2. The monoisotopic (exact) mass is 367 g/mol. The number of hydrogen-bond donors (Lipinski definition) is 1. The van der Waals surface area contributed by atoms with Crippen LogP contribution in [0.1, 0.15) is 23.0 Å². The van der Waals surface area contributed by atoms with Crippen molar-refractivity contribution in [2.24, 2.45) is 0 Å². The molecule has 1 aromatic heterocycles. The second-order valence-corrected chi connectivity index (χ2v) is 9.44. The van der Waals surface area contributed by atoms with E-state index in [2.05, 4.69) is 5.32 Å². The van der Waals surface area contributed by atoms with E-state index in [1.54, 1.807) is 13.0 Å². The summed E-state index contributed by atoms with van der Waals surface area (Å²) in [5.41, 5.74) is -0.792. The molecule has 1 aromatic carbocycles. The fraction of sp³-hybridized carbons (Fsp3) is 0.375. The smallest absolute Gasteiger partial charge is 0.348 e. The van der Waals surface area contributed by atoms with E-state index in [1.165, 1.54) is 11.3 Å². The summed E-state index contributed by atoms with van der Waals surface area (Å²) in [7, 11) is -3.11. The third-order valence-electron chi connectivity index (χ3n) is 3.91. The Hall–Kier alpha value is -1.93. The van der Waals surface area contributed by atoms with Gasteiger partial charge in [-0.25, -0.2) is 13.2 Å². The maximum absolute atomic E-state index is 12.1. The van der Waals surface area contributed by atoms with Crippen LogP contribution in [0.2, 0.25) is 0 Å². The fourth-order valence-corrected chi connectivity index (χ4v) is 5.82. The molecule has 6 nitrogen and oxygen atoms in total. The quantitative estimate of drug-likeness (QED) is 0.832. The minimum Gasteiger partial charge on any atom is -0.451 e. The number of amides is 1. The van der Waals surface area contributed by atoms with Crippen LogP contribution in [-0.2, 0) is 19.4 Å². The number of carbonyl (C=O) groups is 2. The lowest BCUT2D eigenvalue weighted by Gasteiger charge is -2.23. The largest absolute Gasteiger partial charge is 0.451 e. The van der Waals surface area contributed by atoms with Gasteiger partial charge in [-0.15, -0.1) is 11.3 Å². The number of sulfone groups is 1.